The van der Waals surface area contributed by atoms with E-state index in [1.54, 1.807) is 0 Å². The van der Waals surface area contributed by atoms with Crippen molar-refractivity contribution < 1.29 is 17.2 Å². The van der Waals surface area contributed by atoms with E-state index in [2.05, 4.69) is 4.42 Å². The molecule has 1 aromatic heterocycles. The lowest BCUT2D eigenvalue weighted by Crippen LogP contribution is -2.08. The topological polar surface area (TPSA) is 69.3 Å². The van der Waals surface area contributed by atoms with E-state index in [1.165, 1.54) is 7.05 Å². The number of halogens is 2. The van der Waals surface area contributed by atoms with Gasteiger partial charge in [-0.15, -0.1) is 0 Å². The monoisotopic (exact) mass is 265 g/mol. The molecule has 0 bridgehead atoms. The van der Waals surface area contributed by atoms with Crippen LogP contribution in [0.5, 0.6) is 0 Å². The van der Waals surface area contributed by atoms with Gasteiger partial charge in [-0.2, -0.15) is 0 Å². The molecule has 0 spiro atoms. The van der Waals surface area contributed by atoms with Crippen molar-refractivity contribution in [3.05, 3.63) is 28.5 Å². The lowest BCUT2D eigenvalue weighted by molar-refractivity contribution is 0.521. The zero-order valence-corrected chi connectivity index (χ0v) is 9.47. The molecule has 0 saturated carbocycles. The van der Waals surface area contributed by atoms with Gasteiger partial charge in [0.25, 0.3) is 9.05 Å². The zero-order valence-electron chi connectivity index (χ0n) is 7.90. The molecule has 0 aliphatic carbocycles. The predicted octanol–water partition coefficient (Wildman–Crippen LogP) is 1.20. The quantitative estimate of drug-likeness (QED) is 0.727. The van der Waals surface area contributed by atoms with E-state index in [-0.39, 0.29) is 11.1 Å². The Morgan fingerprint density at radius 1 is 1.44 bits per heavy atom. The summed E-state index contributed by atoms with van der Waals surface area (Å²) in [5.74, 6) is -1.61. The summed E-state index contributed by atoms with van der Waals surface area (Å²) in [5.41, 5.74) is -0.215. The van der Waals surface area contributed by atoms with Crippen molar-refractivity contribution in [2.24, 2.45) is 7.05 Å². The smallest absolute Gasteiger partial charge is 0.406 e. The first-order chi connectivity index (χ1) is 7.30. The highest BCUT2D eigenvalue weighted by Gasteiger charge is 2.21. The Labute approximate surface area is 93.5 Å². The Morgan fingerprint density at radius 2 is 2.06 bits per heavy atom. The standard InChI is InChI=1S/C8H5ClFNO4S/c1-11-5-2-4(10)3-6(16(9,13)14)7(5)15-8(11)12/h2-3H,1H3. The van der Waals surface area contributed by atoms with Crippen molar-refractivity contribution in [3.63, 3.8) is 0 Å². The summed E-state index contributed by atoms with van der Waals surface area (Å²) in [4.78, 5) is 10.6. The van der Waals surface area contributed by atoms with Crippen LogP contribution in [0.4, 0.5) is 4.39 Å². The van der Waals surface area contributed by atoms with E-state index in [4.69, 9.17) is 10.7 Å². The van der Waals surface area contributed by atoms with Gasteiger partial charge in [0.15, 0.2) is 5.58 Å². The molecule has 0 aliphatic heterocycles. The second kappa shape index (κ2) is 3.33. The van der Waals surface area contributed by atoms with Crippen LogP contribution in [-0.4, -0.2) is 13.0 Å². The summed E-state index contributed by atoms with van der Waals surface area (Å²) in [6.45, 7) is 0. The molecule has 5 nitrogen and oxygen atoms in total. The number of rotatable bonds is 1. The summed E-state index contributed by atoms with van der Waals surface area (Å²) in [7, 11) is 2.27. The van der Waals surface area contributed by atoms with Crippen molar-refractivity contribution in [1.82, 2.24) is 4.57 Å². The molecular weight excluding hydrogens is 261 g/mol. The van der Waals surface area contributed by atoms with E-state index < -0.39 is 25.5 Å². The van der Waals surface area contributed by atoms with Gasteiger partial charge in [-0.1, -0.05) is 0 Å². The van der Waals surface area contributed by atoms with Gasteiger partial charge in [0.2, 0.25) is 0 Å². The summed E-state index contributed by atoms with van der Waals surface area (Å²) in [5, 5.41) is 0. The van der Waals surface area contributed by atoms with Crippen molar-refractivity contribution in [2.75, 3.05) is 0 Å². The van der Waals surface area contributed by atoms with Gasteiger partial charge < -0.3 is 4.42 Å². The van der Waals surface area contributed by atoms with Crippen LogP contribution in [0.2, 0.25) is 0 Å². The Kier molecular flexibility index (Phi) is 2.32. The highest BCUT2D eigenvalue weighted by molar-refractivity contribution is 8.13. The molecule has 8 heteroatoms. The third-order valence-corrected chi connectivity index (χ3v) is 3.41. The first-order valence-corrected chi connectivity index (χ1v) is 6.35. The summed E-state index contributed by atoms with van der Waals surface area (Å²) in [6, 6.07) is 1.69. The number of aromatic nitrogens is 1. The van der Waals surface area contributed by atoms with Gasteiger partial charge in [0.1, 0.15) is 10.7 Å². The minimum absolute atomic E-state index is 0.0317. The van der Waals surface area contributed by atoms with Gasteiger partial charge in [0.05, 0.1) is 5.52 Å². The van der Waals surface area contributed by atoms with Crippen molar-refractivity contribution in [2.45, 2.75) is 4.90 Å². The number of nitrogens with zero attached hydrogens (tertiary/aromatic N) is 1. The van der Waals surface area contributed by atoms with Crippen molar-refractivity contribution in [1.29, 1.82) is 0 Å². The maximum atomic E-state index is 13.1. The fourth-order valence-electron chi connectivity index (χ4n) is 1.34. The molecule has 86 valence electrons. The Bertz CT molecular complexity index is 730. The van der Waals surface area contributed by atoms with Crippen LogP contribution in [0, 0.1) is 5.82 Å². The van der Waals surface area contributed by atoms with Crippen molar-refractivity contribution >= 4 is 30.8 Å². The minimum atomic E-state index is -4.17. The predicted molar refractivity (Wildman–Crippen MR) is 54.5 cm³/mol. The van der Waals surface area contributed by atoms with Crippen LogP contribution in [0.25, 0.3) is 11.1 Å². The van der Waals surface area contributed by atoms with Gasteiger partial charge in [-0.25, -0.2) is 17.6 Å². The van der Waals surface area contributed by atoms with Gasteiger partial charge in [0, 0.05) is 23.8 Å². The Morgan fingerprint density at radius 3 is 2.62 bits per heavy atom. The average Bonchev–Trinajstić information content (AvgIpc) is 2.42. The fraction of sp³-hybridized carbons (Fsp3) is 0.125. The molecule has 0 radical (unpaired) electrons. The number of hydrogen-bond donors (Lipinski definition) is 0. The Balaban J connectivity index is 3.06. The van der Waals surface area contributed by atoms with Crippen LogP contribution < -0.4 is 5.76 Å². The van der Waals surface area contributed by atoms with Crippen molar-refractivity contribution in [3.8, 4) is 0 Å². The molecule has 2 rings (SSSR count). The average molecular weight is 266 g/mol. The maximum absolute atomic E-state index is 13.1. The molecule has 0 aliphatic rings. The first-order valence-electron chi connectivity index (χ1n) is 4.04. The Hall–Kier alpha value is -1.34. The van der Waals surface area contributed by atoms with E-state index in [1.807, 2.05) is 0 Å². The van der Waals surface area contributed by atoms with Crippen LogP contribution in [-0.2, 0) is 16.1 Å². The molecular formula is C8H5ClFNO4S. The van der Waals surface area contributed by atoms with Gasteiger partial charge in [-0.05, 0) is 6.07 Å². The molecule has 2 aromatic rings. The number of benzene rings is 1. The molecule has 0 saturated heterocycles. The number of fused-ring (bicyclic) bond motifs is 1. The normalized spacial score (nSPS) is 12.2. The summed E-state index contributed by atoms with van der Waals surface area (Å²) < 4.78 is 41.1. The number of oxazole rings is 1. The largest absolute Gasteiger partial charge is 0.419 e. The van der Waals surface area contributed by atoms with Crippen LogP contribution in [0.1, 0.15) is 0 Å². The lowest BCUT2D eigenvalue weighted by Gasteiger charge is -1.98. The molecule has 1 aromatic carbocycles. The highest BCUT2D eigenvalue weighted by atomic mass is 35.7. The second-order valence-corrected chi connectivity index (χ2v) is 5.65. The molecule has 1 heterocycles. The van der Waals surface area contributed by atoms with E-state index in [0.717, 1.165) is 10.6 Å². The van der Waals surface area contributed by atoms with Gasteiger partial charge in [-0.3, -0.25) is 4.57 Å². The molecule has 0 atom stereocenters. The molecule has 0 fully saturated rings. The second-order valence-electron chi connectivity index (χ2n) is 3.12. The van der Waals surface area contributed by atoms with Gasteiger partial charge >= 0.3 is 5.76 Å². The lowest BCUT2D eigenvalue weighted by atomic mass is 10.3. The molecule has 0 N–H and O–H groups in total. The first kappa shape index (κ1) is 11.2. The van der Waals surface area contributed by atoms with Crippen LogP contribution in [0.15, 0.2) is 26.2 Å². The summed E-state index contributed by atoms with van der Waals surface area (Å²) >= 11 is 0. The van der Waals surface area contributed by atoms with Crippen LogP contribution in [0.3, 0.4) is 0 Å². The van der Waals surface area contributed by atoms with E-state index in [0.29, 0.717) is 6.07 Å². The molecule has 16 heavy (non-hydrogen) atoms. The zero-order chi connectivity index (χ0) is 12.1. The minimum Gasteiger partial charge on any atom is -0.406 e. The highest BCUT2D eigenvalue weighted by Crippen LogP contribution is 2.26. The SMILES string of the molecule is Cn1c(=O)oc2c(S(=O)(=O)Cl)cc(F)cc21. The molecule has 0 unspecified atom stereocenters. The third-order valence-electron chi connectivity index (χ3n) is 2.09. The number of hydrogen-bond acceptors (Lipinski definition) is 4. The maximum Gasteiger partial charge on any atom is 0.419 e. The number of aryl methyl sites for hydroxylation is 1. The van der Waals surface area contributed by atoms with E-state index in [9.17, 15) is 17.6 Å². The third kappa shape index (κ3) is 1.61. The van der Waals surface area contributed by atoms with Crippen LogP contribution >= 0.6 is 10.7 Å². The summed E-state index contributed by atoms with van der Waals surface area (Å²) in [6.07, 6.45) is 0. The van der Waals surface area contributed by atoms with E-state index >= 15 is 0 Å². The molecule has 0 amide bonds. The fourth-order valence-corrected chi connectivity index (χ4v) is 2.31.